The molecule has 3 aliphatic heterocycles. The molecule has 0 radical (unpaired) electrons. The molecule has 0 bridgehead atoms. The van der Waals surface area contributed by atoms with Crippen LogP contribution >= 0.6 is 11.8 Å². The van der Waals surface area contributed by atoms with E-state index in [0.29, 0.717) is 12.5 Å². The van der Waals surface area contributed by atoms with Crippen molar-refractivity contribution in [1.82, 2.24) is 0 Å². The van der Waals surface area contributed by atoms with E-state index in [1.807, 2.05) is 30.0 Å². The van der Waals surface area contributed by atoms with Gasteiger partial charge >= 0.3 is 0 Å². The molecule has 1 spiro atoms. The van der Waals surface area contributed by atoms with Crippen LogP contribution in [0, 0.1) is 0 Å². The topological polar surface area (TPSA) is 41.6 Å². The fourth-order valence-corrected chi connectivity index (χ4v) is 6.24. The molecule has 3 heterocycles. The Labute approximate surface area is 164 Å². The molecule has 1 amide bonds. The van der Waals surface area contributed by atoms with Crippen molar-refractivity contribution in [3.63, 3.8) is 0 Å². The summed E-state index contributed by atoms with van der Waals surface area (Å²) in [6, 6.07) is 12.4. The van der Waals surface area contributed by atoms with Crippen LogP contribution in [0.3, 0.4) is 0 Å². The SMILES string of the molecule is CCOc1cc2c3c(c1)[C@@]1(Nc4ccccc4S1)C(=O)N3C(C)(C)C[C@H]2C. The van der Waals surface area contributed by atoms with Crippen LogP contribution in [0.1, 0.15) is 51.2 Å². The Bertz CT molecular complexity index is 944. The van der Waals surface area contributed by atoms with Gasteiger partial charge in [0, 0.05) is 21.7 Å². The minimum Gasteiger partial charge on any atom is -0.494 e. The number of amides is 1. The van der Waals surface area contributed by atoms with Gasteiger partial charge in [-0.05, 0) is 62.9 Å². The van der Waals surface area contributed by atoms with E-state index in [4.69, 9.17) is 4.74 Å². The van der Waals surface area contributed by atoms with Gasteiger partial charge in [0.15, 0.2) is 4.87 Å². The fourth-order valence-electron chi connectivity index (χ4n) is 4.93. The molecule has 0 aliphatic carbocycles. The van der Waals surface area contributed by atoms with E-state index < -0.39 is 4.87 Å². The molecule has 140 valence electrons. The molecule has 27 heavy (non-hydrogen) atoms. The number of nitrogens with one attached hydrogen (secondary N) is 1. The van der Waals surface area contributed by atoms with Crippen LogP contribution in [0.25, 0.3) is 0 Å². The minimum atomic E-state index is -0.803. The monoisotopic (exact) mass is 380 g/mol. The quantitative estimate of drug-likeness (QED) is 0.788. The van der Waals surface area contributed by atoms with Gasteiger partial charge in [-0.2, -0.15) is 0 Å². The summed E-state index contributed by atoms with van der Waals surface area (Å²) in [4.78, 5) is 16.2. The summed E-state index contributed by atoms with van der Waals surface area (Å²) in [5, 5.41) is 3.57. The Morgan fingerprint density at radius 2 is 2.07 bits per heavy atom. The van der Waals surface area contributed by atoms with Crippen molar-refractivity contribution in [2.24, 2.45) is 0 Å². The maximum Gasteiger partial charge on any atom is 0.268 e. The van der Waals surface area contributed by atoms with E-state index in [1.54, 1.807) is 11.8 Å². The summed E-state index contributed by atoms with van der Waals surface area (Å²) in [7, 11) is 0. The third-order valence-corrected chi connectivity index (χ3v) is 7.31. The van der Waals surface area contributed by atoms with Crippen molar-refractivity contribution in [2.75, 3.05) is 16.8 Å². The van der Waals surface area contributed by atoms with Crippen LogP contribution in [0.2, 0.25) is 0 Å². The lowest BCUT2D eigenvalue weighted by Gasteiger charge is -2.44. The highest BCUT2D eigenvalue weighted by molar-refractivity contribution is 8.01. The maximum absolute atomic E-state index is 13.9. The third kappa shape index (κ3) is 2.15. The van der Waals surface area contributed by atoms with Gasteiger partial charge in [0.25, 0.3) is 5.91 Å². The van der Waals surface area contributed by atoms with Crippen molar-refractivity contribution in [3.05, 3.63) is 47.5 Å². The van der Waals surface area contributed by atoms with Crippen LogP contribution < -0.4 is 15.0 Å². The number of ether oxygens (including phenoxy) is 1. The molecule has 2 atom stereocenters. The summed E-state index contributed by atoms with van der Waals surface area (Å²) < 4.78 is 5.88. The van der Waals surface area contributed by atoms with Gasteiger partial charge in [-0.3, -0.25) is 4.79 Å². The predicted molar refractivity (Wildman–Crippen MR) is 110 cm³/mol. The Balaban J connectivity index is 1.77. The highest BCUT2D eigenvalue weighted by Crippen LogP contribution is 2.62. The molecular formula is C22H24N2O2S. The first kappa shape index (κ1) is 17.0. The highest BCUT2D eigenvalue weighted by atomic mass is 32.2. The van der Waals surface area contributed by atoms with Crippen molar-refractivity contribution in [3.8, 4) is 5.75 Å². The van der Waals surface area contributed by atoms with E-state index >= 15 is 0 Å². The first-order valence-electron chi connectivity index (χ1n) is 9.59. The van der Waals surface area contributed by atoms with E-state index in [9.17, 15) is 4.79 Å². The first-order valence-corrected chi connectivity index (χ1v) is 10.4. The number of para-hydroxylation sites is 1. The summed E-state index contributed by atoms with van der Waals surface area (Å²) in [5.41, 5.74) is 4.15. The van der Waals surface area contributed by atoms with Crippen LogP contribution in [0.5, 0.6) is 5.75 Å². The molecule has 4 nitrogen and oxygen atoms in total. The zero-order chi connectivity index (χ0) is 19.0. The van der Waals surface area contributed by atoms with E-state index in [0.717, 1.165) is 34.0 Å². The van der Waals surface area contributed by atoms with Crippen LogP contribution in [-0.4, -0.2) is 18.1 Å². The number of rotatable bonds is 2. The van der Waals surface area contributed by atoms with Crippen LogP contribution in [-0.2, 0) is 9.67 Å². The lowest BCUT2D eigenvalue weighted by atomic mass is 9.80. The number of fused-ring (bicyclic) bond motifs is 2. The lowest BCUT2D eigenvalue weighted by molar-refractivity contribution is -0.120. The summed E-state index contributed by atoms with van der Waals surface area (Å²) in [6.07, 6.45) is 0.939. The summed E-state index contributed by atoms with van der Waals surface area (Å²) >= 11 is 1.62. The predicted octanol–water partition coefficient (Wildman–Crippen LogP) is 5.09. The number of hydrogen-bond donors (Lipinski definition) is 1. The number of anilines is 2. The highest BCUT2D eigenvalue weighted by Gasteiger charge is 2.60. The molecule has 2 aromatic rings. The van der Waals surface area contributed by atoms with E-state index in [-0.39, 0.29) is 11.4 Å². The fraction of sp³-hybridized carbons (Fsp3) is 0.409. The molecule has 1 N–H and O–H groups in total. The number of nitrogens with zero attached hydrogens (tertiary/aromatic N) is 1. The van der Waals surface area contributed by atoms with Gasteiger partial charge in [-0.15, -0.1) is 0 Å². The number of carbonyl (C=O) groups is 1. The van der Waals surface area contributed by atoms with Gasteiger partial charge in [0.2, 0.25) is 0 Å². The number of thioether (sulfide) groups is 1. The van der Waals surface area contributed by atoms with Gasteiger partial charge < -0.3 is 15.0 Å². The number of carbonyl (C=O) groups excluding carboxylic acids is 1. The molecule has 3 aliphatic rings. The third-order valence-electron chi connectivity index (χ3n) is 5.93. The Morgan fingerprint density at radius 1 is 1.30 bits per heavy atom. The van der Waals surface area contributed by atoms with Crippen molar-refractivity contribution in [2.45, 2.75) is 55.3 Å². The zero-order valence-electron chi connectivity index (χ0n) is 16.1. The molecule has 5 rings (SSSR count). The van der Waals surface area contributed by atoms with E-state index in [2.05, 4.69) is 44.3 Å². The smallest absolute Gasteiger partial charge is 0.268 e. The second-order valence-corrected chi connectivity index (χ2v) is 9.56. The molecule has 5 heteroatoms. The van der Waals surface area contributed by atoms with Crippen molar-refractivity contribution >= 4 is 29.0 Å². The normalized spacial score (nSPS) is 26.7. The Kier molecular flexibility index (Phi) is 3.43. The zero-order valence-corrected chi connectivity index (χ0v) is 16.9. The van der Waals surface area contributed by atoms with E-state index in [1.165, 1.54) is 5.56 Å². The second-order valence-electron chi connectivity index (χ2n) is 8.30. The molecule has 0 unspecified atom stereocenters. The van der Waals surface area contributed by atoms with Crippen molar-refractivity contribution < 1.29 is 9.53 Å². The average molecular weight is 381 g/mol. The first-order chi connectivity index (χ1) is 12.9. The molecule has 2 aromatic carbocycles. The largest absolute Gasteiger partial charge is 0.494 e. The minimum absolute atomic E-state index is 0.130. The summed E-state index contributed by atoms with van der Waals surface area (Å²) in [5.74, 6) is 1.36. The molecule has 0 aromatic heterocycles. The number of hydrogen-bond acceptors (Lipinski definition) is 4. The average Bonchev–Trinajstić information content (AvgIpc) is 3.11. The van der Waals surface area contributed by atoms with Gasteiger partial charge in [-0.1, -0.05) is 30.8 Å². The van der Waals surface area contributed by atoms with Gasteiger partial charge in [0.05, 0.1) is 12.3 Å². The van der Waals surface area contributed by atoms with Gasteiger partial charge in [0.1, 0.15) is 5.75 Å². The molecule has 0 saturated carbocycles. The van der Waals surface area contributed by atoms with Gasteiger partial charge in [-0.25, -0.2) is 0 Å². The molecule has 0 fully saturated rings. The maximum atomic E-state index is 13.9. The number of benzene rings is 2. The van der Waals surface area contributed by atoms with Crippen LogP contribution in [0.4, 0.5) is 11.4 Å². The molecular weight excluding hydrogens is 356 g/mol. The Morgan fingerprint density at radius 3 is 2.81 bits per heavy atom. The van der Waals surface area contributed by atoms with Crippen molar-refractivity contribution in [1.29, 1.82) is 0 Å². The van der Waals surface area contributed by atoms with Crippen LogP contribution in [0.15, 0.2) is 41.3 Å². The standard InChI is InChI=1S/C22H24N2O2S/c1-5-26-14-10-15-13(2)12-21(3,4)24-19(15)16(11-14)22(20(24)25)23-17-8-6-7-9-18(17)27-22/h6-11,13,23H,5,12H2,1-4H3/t13-,22+/m1/s1. The lowest BCUT2D eigenvalue weighted by Crippen LogP contribution is -2.53. The summed E-state index contributed by atoms with van der Waals surface area (Å²) in [6.45, 7) is 9.22. The second kappa shape index (κ2) is 5.44. The Hall–Kier alpha value is -2.14. The molecule has 0 saturated heterocycles.